The van der Waals surface area contributed by atoms with E-state index in [2.05, 4.69) is 40.2 Å². The molecule has 0 aromatic carbocycles. The molecule has 0 saturated carbocycles. The fraction of sp³-hybridized carbons (Fsp3) is 0.417. The SMILES string of the molecule is CN1CCNCC1c1nc(-c2cccs2)cs1. The Bertz CT molecular complexity index is 478. The van der Waals surface area contributed by atoms with Crippen LogP contribution in [-0.4, -0.2) is 36.6 Å². The van der Waals surface area contributed by atoms with Crippen molar-refractivity contribution in [3.63, 3.8) is 0 Å². The largest absolute Gasteiger partial charge is 0.313 e. The second kappa shape index (κ2) is 4.86. The Morgan fingerprint density at radius 3 is 3.18 bits per heavy atom. The summed E-state index contributed by atoms with van der Waals surface area (Å²) < 4.78 is 0. The summed E-state index contributed by atoms with van der Waals surface area (Å²) >= 11 is 3.52. The van der Waals surface area contributed by atoms with Gasteiger partial charge in [-0.15, -0.1) is 22.7 Å². The zero-order chi connectivity index (χ0) is 11.7. The van der Waals surface area contributed by atoms with E-state index in [1.807, 2.05) is 0 Å². The van der Waals surface area contributed by atoms with Crippen molar-refractivity contribution >= 4 is 22.7 Å². The maximum atomic E-state index is 4.77. The van der Waals surface area contributed by atoms with Gasteiger partial charge in [-0.3, -0.25) is 4.90 Å². The van der Waals surface area contributed by atoms with Gasteiger partial charge in [0.25, 0.3) is 0 Å². The highest BCUT2D eigenvalue weighted by atomic mass is 32.1. The second-order valence-corrected chi connectivity index (χ2v) is 6.09. The average molecular weight is 265 g/mol. The predicted molar refractivity (Wildman–Crippen MR) is 73.7 cm³/mol. The van der Waals surface area contributed by atoms with Gasteiger partial charge in [-0.25, -0.2) is 4.98 Å². The van der Waals surface area contributed by atoms with Crippen molar-refractivity contribution in [2.75, 3.05) is 26.7 Å². The van der Waals surface area contributed by atoms with Gasteiger partial charge in [-0.1, -0.05) is 6.07 Å². The molecule has 0 amide bonds. The molecular formula is C12H15N3S2. The van der Waals surface area contributed by atoms with Gasteiger partial charge in [-0.05, 0) is 18.5 Å². The molecule has 1 N–H and O–H groups in total. The van der Waals surface area contributed by atoms with Gasteiger partial charge < -0.3 is 5.32 Å². The minimum absolute atomic E-state index is 0.433. The summed E-state index contributed by atoms with van der Waals surface area (Å²) in [6.07, 6.45) is 0. The molecule has 2 aromatic heterocycles. The van der Waals surface area contributed by atoms with Gasteiger partial charge in [-0.2, -0.15) is 0 Å². The van der Waals surface area contributed by atoms with Crippen molar-refractivity contribution in [1.82, 2.24) is 15.2 Å². The number of aromatic nitrogens is 1. The third kappa shape index (κ3) is 2.28. The van der Waals surface area contributed by atoms with Crippen LogP contribution in [0.2, 0.25) is 0 Å². The third-order valence-corrected chi connectivity index (χ3v) is 4.93. The number of nitrogens with one attached hydrogen (secondary N) is 1. The molecule has 5 heteroatoms. The molecule has 1 unspecified atom stereocenters. The van der Waals surface area contributed by atoms with Crippen LogP contribution in [0, 0.1) is 0 Å². The predicted octanol–water partition coefficient (Wildman–Crippen LogP) is 2.45. The molecule has 0 spiro atoms. The van der Waals surface area contributed by atoms with Gasteiger partial charge in [0.2, 0.25) is 0 Å². The fourth-order valence-electron chi connectivity index (χ4n) is 2.06. The summed E-state index contributed by atoms with van der Waals surface area (Å²) in [5, 5.41) is 8.93. The van der Waals surface area contributed by atoms with E-state index in [4.69, 9.17) is 4.98 Å². The first-order valence-electron chi connectivity index (χ1n) is 5.75. The molecule has 1 saturated heterocycles. The molecular weight excluding hydrogens is 250 g/mol. The lowest BCUT2D eigenvalue weighted by Crippen LogP contribution is -2.43. The van der Waals surface area contributed by atoms with Crippen molar-refractivity contribution in [1.29, 1.82) is 0 Å². The summed E-state index contributed by atoms with van der Waals surface area (Å²) in [6, 6.07) is 4.64. The summed E-state index contributed by atoms with van der Waals surface area (Å²) in [6.45, 7) is 3.18. The van der Waals surface area contributed by atoms with E-state index < -0.39 is 0 Å². The molecule has 0 aliphatic carbocycles. The highest BCUT2D eigenvalue weighted by molar-refractivity contribution is 7.14. The first-order chi connectivity index (χ1) is 8.34. The van der Waals surface area contributed by atoms with Crippen LogP contribution in [0.25, 0.3) is 10.6 Å². The van der Waals surface area contributed by atoms with E-state index in [-0.39, 0.29) is 0 Å². The molecule has 2 aromatic rings. The Morgan fingerprint density at radius 2 is 2.41 bits per heavy atom. The molecule has 1 aliphatic rings. The lowest BCUT2D eigenvalue weighted by molar-refractivity contribution is 0.202. The van der Waals surface area contributed by atoms with Crippen LogP contribution in [0.1, 0.15) is 11.0 Å². The van der Waals surface area contributed by atoms with Crippen molar-refractivity contribution in [2.45, 2.75) is 6.04 Å². The highest BCUT2D eigenvalue weighted by Gasteiger charge is 2.23. The van der Waals surface area contributed by atoms with Crippen LogP contribution in [0.4, 0.5) is 0 Å². The third-order valence-electron chi connectivity index (χ3n) is 3.09. The van der Waals surface area contributed by atoms with E-state index in [0.29, 0.717) is 6.04 Å². The normalized spacial score (nSPS) is 21.8. The Hall–Kier alpha value is -0.750. The molecule has 3 nitrogen and oxygen atoms in total. The monoisotopic (exact) mass is 265 g/mol. The Kier molecular flexibility index (Phi) is 3.24. The standard InChI is InChI=1S/C12H15N3S2/c1-15-5-4-13-7-10(15)12-14-9(8-17-12)11-3-2-6-16-11/h2-3,6,8,10,13H,4-5,7H2,1H3. The minimum atomic E-state index is 0.433. The number of hydrogen-bond acceptors (Lipinski definition) is 5. The summed E-state index contributed by atoms with van der Waals surface area (Å²) in [4.78, 5) is 8.42. The van der Waals surface area contributed by atoms with Gasteiger partial charge in [0.05, 0.1) is 16.6 Å². The van der Waals surface area contributed by atoms with Crippen molar-refractivity contribution in [2.24, 2.45) is 0 Å². The van der Waals surface area contributed by atoms with Crippen molar-refractivity contribution < 1.29 is 0 Å². The lowest BCUT2D eigenvalue weighted by atomic mass is 10.2. The molecule has 17 heavy (non-hydrogen) atoms. The number of thiophene rings is 1. The van der Waals surface area contributed by atoms with Crippen LogP contribution in [0.5, 0.6) is 0 Å². The lowest BCUT2D eigenvalue weighted by Gasteiger charge is -2.31. The first-order valence-corrected chi connectivity index (χ1v) is 7.51. The highest BCUT2D eigenvalue weighted by Crippen LogP contribution is 2.30. The smallest absolute Gasteiger partial charge is 0.112 e. The Labute approximate surface area is 109 Å². The molecule has 1 atom stereocenters. The molecule has 3 heterocycles. The van der Waals surface area contributed by atoms with Gasteiger partial charge in [0.15, 0.2) is 0 Å². The van der Waals surface area contributed by atoms with E-state index >= 15 is 0 Å². The zero-order valence-electron chi connectivity index (χ0n) is 9.72. The molecule has 90 valence electrons. The first kappa shape index (κ1) is 11.3. The number of nitrogens with zero attached hydrogens (tertiary/aromatic N) is 2. The van der Waals surface area contributed by atoms with Crippen LogP contribution in [-0.2, 0) is 0 Å². The van der Waals surface area contributed by atoms with Crippen molar-refractivity contribution in [3.05, 3.63) is 27.9 Å². The van der Waals surface area contributed by atoms with Crippen molar-refractivity contribution in [3.8, 4) is 10.6 Å². The summed E-state index contributed by atoms with van der Waals surface area (Å²) in [5.41, 5.74) is 1.12. The van der Waals surface area contributed by atoms with Crippen LogP contribution in [0.3, 0.4) is 0 Å². The number of likely N-dealkylation sites (N-methyl/N-ethyl adjacent to an activating group) is 1. The van der Waals surface area contributed by atoms with Gasteiger partial charge in [0, 0.05) is 25.0 Å². The van der Waals surface area contributed by atoms with Crippen LogP contribution < -0.4 is 5.32 Å². The number of hydrogen-bond donors (Lipinski definition) is 1. The van der Waals surface area contributed by atoms with Gasteiger partial charge in [0.1, 0.15) is 5.01 Å². The molecule has 0 radical (unpaired) electrons. The topological polar surface area (TPSA) is 28.2 Å². The van der Waals surface area contributed by atoms with E-state index in [1.165, 1.54) is 9.88 Å². The van der Waals surface area contributed by atoms with Crippen LogP contribution >= 0.6 is 22.7 Å². The molecule has 3 rings (SSSR count). The maximum absolute atomic E-state index is 4.77. The maximum Gasteiger partial charge on any atom is 0.112 e. The quantitative estimate of drug-likeness (QED) is 0.904. The average Bonchev–Trinajstić information content (AvgIpc) is 3.00. The molecule has 1 aliphatic heterocycles. The van der Waals surface area contributed by atoms with Crippen LogP contribution in [0.15, 0.2) is 22.9 Å². The molecule has 0 bridgehead atoms. The number of piperazine rings is 1. The zero-order valence-corrected chi connectivity index (χ0v) is 11.4. The minimum Gasteiger partial charge on any atom is -0.313 e. The van der Waals surface area contributed by atoms with Gasteiger partial charge >= 0.3 is 0 Å². The fourth-order valence-corrected chi connectivity index (χ4v) is 3.80. The van der Waals surface area contributed by atoms with E-state index in [1.54, 1.807) is 22.7 Å². The Balaban J connectivity index is 1.84. The summed E-state index contributed by atoms with van der Waals surface area (Å²) in [7, 11) is 2.18. The van der Waals surface area contributed by atoms with E-state index in [9.17, 15) is 0 Å². The number of rotatable bonds is 2. The molecule has 1 fully saturated rings. The second-order valence-electron chi connectivity index (χ2n) is 4.25. The van der Waals surface area contributed by atoms with E-state index in [0.717, 1.165) is 25.3 Å². The number of thiazole rings is 1. The summed E-state index contributed by atoms with van der Waals surface area (Å²) in [5.74, 6) is 0. The Morgan fingerprint density at radius 1 is 1.47 bits per heavy atom.